The van der Waals surface area contributed by atoms with Crippen molar-refractivity contribution in [3.05, 3.63) is 69.0 Å². The molecule has 0 spiro atoms. The fraction of sp³-hybridized carbons (Fsp3) is 0.273. The number of ether oxygens (including phenoxy) is 1. The van der Waals surface area contributed by atoms with Crippen LogP contribution in [0.2, 0.25) is 5.02 Å². The van der Waals surface area contributed by atoms with Crippen molar-refractivity contribution in [2.45, 2.75) is 39.3 Å². The van der Waals surface area contributed by atoms with Gasteiger partial charge in [0.1, 0.15) is 17.4 Å². The van der Waals surface area contributed by atoms with Crippen molar-refractivity contribution in [1.82, 2.24) is 4.57 Å². The van der Waals surface area contributed by atoms with Gasteiger partial charge in [-0.15, -0.1) is 0 Å². The summed E-state index contributed by atoms with van der Waals surface area (Å²) in [6, 6.07) is 11.0. The van der Waals surface area contributed by atoms with Crippen LogP contribution < -0.4 is 15.5 Å². The van der Waals surface area contributed by atoms with E-state index in [1.165, 1.54) is 5.56 Å². The standard InChI is InChI=1S/C22H21ClN2O3/c1-12(2)14-4-6-15(7-5-14)24-22(27)16-11-25-10-13(3)28-18-9-8-17(23)19(20(18)25)21(16)26/h4-9,11-13H,10H2,1-3H3,(H,24,27)/t13-/m1/s1. The van der Waals surface area contributed by atoms with Crippen LogP contribution in [0.3, 0.4) is 0 Å². The molecule has 0 fully saturated rings. The highest BCUT2D eigenvalue weighted by atomic mass is 35.5. The Morgan fingerprint density at radius 2 is 1.93 bits per heavy atom. The minimum absolute atomic E-state index is 0.0635. The van der Waals surface area contributed by atoms with Crippen molar-refractivity contribution in [3.63, 3.8) is 0 Å². The first-order valence-electron chi connectivity index (χ1n) is 9.28. The molecular formula is C22H21ClN2O3. The monoisotopic (exact) mass is 396 g/mol. The molecule has 2 heterocycles. The van der Waals surface area contributed by atoms with E-state index in [1.54, 1.807) is 18.3 Å². The fourth-order valence-electron chi connectivity index (χ4n) is 3.54. The van der Waals surface area contributed by atoms with Crippen molar-refractivity contribution in [2.75, 3.05) is 5.32 Å². The van der Waals surface area contributed by atoms with E-state index in [4.69, 9.17) is 16.3 Å². The third-order valence-corrected chi connectivity index (χ3v) is 5.31. The molecule has 6 heteroatoms. The molecule has 0 radical (unpaired) electrons. The molecule has 1 aliphatic rings. The van der Waals surface area contributed by atoms with Gasteiger partial charge in [-0.3, -0.25) is 9.59 Å². The highest BCUT2D eigenvalue weighted by Gasteiger charge is 2.24. The second-order valence-corrected chi connectivity index (χ2v) is 7.86. The first kappa shape index (κ1) is 18.6. The van der Waals surface area contributed by atoms with Crippen LogP contribution in [0.5, 0.6) is 5.75 Å². The maximum absolute atomic E-state index is 13.0. The van der Waals surface area contributed by atoms with E-state index >= 15 is 0 Å². The van der Waals surface area contributed by atoms with Crippen LogP contribution in [-0.4, -0.2) is 16.6 Å². The number of rotatable bonds is 3. The maximum atomic E-state index is 13.0. The van der Waals surface area contributed by atoms with Crippen LogP contribution >= 0.6 is 11.6 Å². The number of aromatic nitrogens is 1. The summed E-state index contributed by atoms with van der Waals surface area (Å²) in [7, 11) is 0. The van der Waals surface area contributed by atoms with Gasteiger partial charge < -0.3 is 14.6 Å². The molecule has 5 nitrogen and oxygen atoms in total. The normalized spacial score (nSPS) is 15.5. The van der Waals surface area contributed by atoms with Crippen molar-refractivity contribution >= 4 is 34.1 Å². The van der Waals surface area contributed by atoms with E-state index in [2.05, 4.69) is 19.2 Å². The number of pyridine rings is 1. The Morgan fingerprint density at radius 3 is 2.61 bits per heavy atom. The second kappa shape index (κ2) is 6.99. The van der Waals surface area contributed by atoms with Gasteiger partial charge in [0.25, 0.3) is 5.91 Å². The number of carbonyl (C=O) groups excluding carboxylic acids is 1. The van der Waals surface area contributed by atoms with E-state index in [0.717, 1.165) is 0 Å². The van der Waals surface area contributed by atoms with E-state index in [0.29, 0.717) is 39.8 Å². The molecule has 0 saturated heterocycles. The van der Waals surface area contributed by atoms with E-state index in [1.807, 2.05) is 35.8 Å². The lowest BCUT2D eigenvalue weighted by Gasteiger charge is -2.26. The van der Waals surface area contributed by atoms with Crippen molar-refractivity contribution in [3.8, 4) is 5.75 Å². The number of hydrogen-bond donors (Lipinski definition) is 1. The van der Waals surface area contributed by atoms with Gasteiger partial charge in [-0.1, -0.05) is 37.6 Å². The predicted molar refractivity (Wildman–Crippen MR) is 112 cm³/mol. The molecule has 1 aromatic heterocycles. The number of halogens is 1. The Balaban J connectivity index is 1.77. The minimum atomic E-state index is -0.450. The van der Waals surface area contributed by atoms with Crippen molar-refractivity contribution in [2.24, 2.45) is 0 Å². The molecule has 0 bridgehead atoms. The number of anilines is 1. The lowest BCUT2D eigenvalue weighted by atomic mass is 10.0. The molecule has 1 amide bonds. The molecule has 0 saturated carbocycles. The van der Waals surface area contributed by atoms with Crippen molar-refractivity contribution in [1.29, 1.82) is 0 Å². The van der Waals surface area contributed by atoms with E-state index < -0.39 is 11.3 Å². The van der Waals surface area contributed by atoms with Crippen LogP contribution in [0.15, 0.2) is 47.4 Å². The molecule has 1 atom stereocenters. The van der Waals surface area contributed by atoms with Gasteiger partial charge >= 0.3 is 0 Å². The Kier molecular flexibility index (Phi) is 4.63. The summed E-state index contributed by atoms with van der Waals surface area (Å²) in [5.41, 5.74) is 2.13. The largest absolute Gasteiger partial charge is 0.487 e. The molecular weight excluding hydrogens is 376 g/mol. The SMILES string of the molecule is CC(C)c1ccc(NC(=O)c2cn3c4c(ccc(Cl)c4c2=O)O[C@H](C)C3)cc1. The number of benzene rings is 2. The fourth-order valence-corrected chi connectivity index (χ4v) is 3.78. The molecule has 144 valence electrons. The lowest BCUT2D eigenvalue weighted by molar-refractivity contribution is 0.102. The van der Waals surface area contributed by atoms with Crippen molar-refractivity contribution < 1.29 is 9.53 Å². The Morgan fingerprint density at radius 1 is 1.21 bits per heavy atom. The van der Waals surface area contributed by atoms with Crippen LogP contribution in [-0.2, 0) is 6.54 Å². The maximum Gasteiger partial charge on any atom is 0.261 e. The van der Waals surface area contributed by atoms with Crippen LogP contribution in [0.4, 0.5) is 5.69 Å². The lowest BCUT2D eigenvalue weighted by Crippen LogP contribution is -2.30. The van der Waals surface area contributed by atoms with Crippen LogP contribution in [0, 0.1) is 0 Å². The summed E-state index contributed by atoms with van der Waals surface area (Å²) >= 11 is 6.31. The summed E-state index contributed by atoms with van der Waals surface area (Å²) in [4.78, 5) is 25.9. The summed E-state index contributed by atoms with van der Waals surface area (Å²) in [5, 5.41) is 3.44. The highest BCUT2D eigenvalue weighted by Crippen LogP contribution is 2.33. The number of amides is 1. The molecule has 1 aliphatic heterocycles. The zero-order valence-electron chi connectivity index (χ0n) is 16.0. The zero-order chi connectivity index (χ0) is 20.0. The Bertz CT molecular complexity index is 1130. The molecule has 3 aromatic rings. The summed E-state index contributed by atoms with van der Waals surface area (Å²) in [5.74, 6) is 0.559. The Hall–Kier alpha value is -2.79. The van der Waals surface area contributed by atoms with Gasteiger partial charge in [-0.25, -0.2) is 0 Å². The highest BCUT2D eigenvalue weighted by molar-refractivity contribution is 6.35. The second-order valence-electron chi connectivity index (χ2n) is 7.45. The number of hydrogen-bond acceptors (Lipinski definition) is 3. The molecule has 2 aromatic carbocycles. The first-order valence-corrected chi connectivity index (χ1v) is 9.66. The van der Waals surface area contributed by atoms with E-state index in [9.17, 15) is 9.59 Å². The summed E-state index contributed by atoms with van der Waals surface area (Å²) < 4.78 is 7.70. The van der Waals surface area contributed by atoms with Gasteiger partial charge in [0.05, 0.1) is 22.5 Å². The van der Waals surface area contributed by atoms with Gasteiger partial charge in [-0.2, -0.15) is 0 Å². The minimum Gasteiger partial charge on any atom is -0.487 e. The van der Waals surface area contributed by atoms with Crippen LogP contribution in [0.1, 0.15) is 42.6 Å². The molecule has 0 unspecified atom stereocenters. The number of nitrogens with one attached hydrogen (secondary N) is 1. The van der Waals surface area contributed by atoms with E-state index in [-0.39, 0.29) is 11.7 Å². The van der Waals surface area contributed by atoms with Gasteiger partial charge in [0, 0.05) is 11.9 Å². The molecule has 28 heavy (non-hydrogen) atoms. The number of nitrogens with zero attached hydrogens (tertiary/aromatic N) is 1. The third kappa shape index (κ3) is 3.16. The van der Waals surface area contributed by atoms with Crippen LogP contribution in [0.25, 0.3) is 10.9 Å². The topological polar surface area (TPSA) is 60.3 Å². The van der Waals surface area contributed by atoms with Gasteiger partial charge in [-0.05, 0) is 42.7 Å². The predicted octanol–water partition coefficient (Wildman–Crippen LogP) is 4.81. The quantitative estimate of drug-likeness (QED) is 0.691. The molecule has 0 aliphatic carbocycles. The van der Waals surface area contributed by atoms with Gasteiger partial charge in [0.2, 0.25) is 5.43 Å². The average Bonchev–Trinajstić information content (AvgIpc) is 2.65. The molecule has 1 N–H and O–H groups in total. The third-order valence-electron chi connectivity index (χ3n) is 5.00. The summed E-state index contributed by atoms with van der Waals surface area (Å²) in [6.07, 6.45) is 1.53. The average molecular weight is 397 g/mol. The summed E-state index contributed by atoms with van der Waals surface area (Å²) in [6.45, 7) is 6.70. The molecule has 4 rings (SSSR count). The zero-order valence-corrected chi connectivity index (χ0v) is 16.7. The Labute approximate surface area is 167 Å². The smallest absolute Gasteiger partial charge is 0.261 e. The first-order chi connectivity index (χ1) is 13.3. The number of carbonyl (C=O) groups is 1. The van der Waals surface area contributed by atoms with Gasteiger partial charge in [0.15, 0.2) is 0 Å².